The normalized spacial score (nSPS) is 14.2. The second-order valence-electron chi connectivity index (χ2n) is 5.89. The van der Waals surface area contributed by atoms with Crippen LogP contribution in [0.4, 0.5) is 10.6 Å². The van der Waals surface area contributed by atoms with Gasteiger partial charge in [-0.15, -0.1) is 0 Å². The number of pyridine rings is 1. The molecule has 1 saturated heterocycles. The summed E-state index contributed by atoms with van der Waals surface area (Å²) in [5, 5.41) is 2.89. The van der Waals surface area contributed by atoms with Crippen molar-refractivity contribution in [2.24, 2.45) is 5.73 Å². The Labute approximate surface area is 146 Å². The Bertz CT molecular complexity index is 742. The van der Waals surface area contributed by atoms with Crippen molar-refractivity contribution in [2.45, 2.75) is 6.54 Å². The Morgan fingerprint density at radius 1 is 1.08 bits per heavy atom. The Hall–Kier alpha value is -3.09. The molecule has 7 nitrogen and oxygen atoms in total. The van der Waals surface area contributed by atoms with Gasteiger partial charge in [-0.2, -0.15) is 0 Å². The van der Waals surface area contributed by atoms with Crippen LogP contribution >= 0.6 is 0 Å². The molecule has 1 aromatic carbocycles. The van der Waals surface area contributed by atoms with Gasteiger partial charge in [-0.1, -0.05) is 18.2 Å². The van der Waals surface area contributed by atoms with Gasteiger partial charge in [0.2, 0.25) is 5.91 Å². The molecule has 1 fully saturated rings. The molecule has 3 rings (SSSR count). The van der Waals surface area contributed by atoms with Crippen molar-refractivity contribution in [3.8, 4) is 0 Å². The number of nitrogens with one attached hydrogen (secondary N) is 1. The van der Waals surface area contributed by atoms with E-state index in [4.69, 9.17) is 5.73 Å². The van der Waals surface area contributed by atoms with Crippen LogP contribution in [0, 0.1) is 0 Å². The van der Waals surface area contributed by atoms with Gasteiger partial charge >= 0.3 is 6.03 Å². The number of benzene rings is 1. The predicted molar refractivity (Wildman–Crippen MR) is 95.2 cm³/mol. The number of carbonyl (C=O) groups excluding carboxylic acids is 2. The number of nitrogens with zero attached hydrogens (tertiary/aromatic N) is 3. The fraction of sp³-hybridized carbons (Fsp3) is 0.278. The number of primary amides is 1. The molecule has 3 N–H and O–H groups in total. The Morgan fingerprint density at radius 2 is 1.88 bits per heavy atom. The third-order valence-corrected chi connectivity index (χ3v) is 4.20. The molecule has 25 heavy (non-hydrogen) atoms. The van der Waals surface area contributed by atoms with Gasteiger partial charge in [0.25, 0.3) is 0 Å². The van der Waals surface area contributed by atoms with Crippen molar-refractivity contribution >= 4 is 17.8 Å². The third-order valence-electron chi connectivity index (χ3n) is 4.20. The smallest absolute Gasteiger partial charge is 0.317 e. The van der Waals surface area contributed by atoms with Crippen molar-refractivity contribution in [2.75, 3.05) is 31.1 Å². The molecule has 0 saturated carbocycles. The summed E-state index contributed by atoms with van der Waals surface area (Å²) in [5.74, 6) is 0.463. The van der Waals surface area contributed by atoms with Gasteiger partial charge in [0.05, 0.1) is 0 Å². The molecule has 0 spiro atoms. The summed E-state index contributed by atoms with van der Waals surface area (Å²) in [6.07, 6.45) is 1.77. The van der Waals surface area contributed by atoms with Gasteiger partial charge in [-0.25, -0.2) is 9.78 Å². The van der Waals surface area contributed by atoms with Gasteiger partial charge in [0.15, 0.2) is 0 Å². The van der Waals surface area contributed by atoms with Crippen LogP contribution in [0.2, 0.25) is 0 Å². The summed E-state index contributed by atoms with van der Waals surface area (Å²) >= 11 is 0. The molecular formula is C18H21N5O2. The van der Waals surface area contributed by atoms with Crippen LogP contribution in [-0.4, -0.2) is 48.0 Å². The monoisotopic (exact) mass is 339 g/mol. The van der Waals surface area contributed by atoms with Crippen molar-refractivity contribution in [3.05, 3.63) is 59.8 Å². The molecule has 0 radical (unpaired) electrons. The largest absolute Gasteiger partial charge is 0.366 e. The summed E-state index contributed by atoms with van der Waals surface area (Å²) in [6, 6.07) is 12.7. The number of hydrogen-bond acceptors (Lipinski definition) is 4. The van der Waals surface area contributed by atoms with Crippen molar-refractivity contribution in [1.29, 1.82) is 0 Å². The van der Waals surface area contributed by atoms with E-state index in [0.717, 1.165) is 24.5 Å². The van der Waals surface area contributed by atoms with E-state index in [1.165, 1.54) is 0 Å². The molecule has 0 atom stereocenters. The number of aromatic nitrogens is 1. The lowest BCUT2D eigenvalue weighted by Gasteiger charge is -2.35. The maximum absolute atomic E-state index is 12.3. The van der Waals surface area contributed by atoms with Crippen LogP contribution < -0.4 is 16.0 Å². The molecule has 1 aliphatic rings. The fourth-order valence-electron chi connectivity index (χ4n) is 2.80. The average molecular weight is 339 g/mol. The second-order valence-corrected chi connectivity index (χ2v) is 5.89. The fourth-order valence-corrected chi connectivity index (χ4v) is 2.80. The number of nitrogens with two attached hydrogens (primary N) is 1. The van der Waals surface area contributed by atoms with E-state index in [2.05, 4.69) is 15.2 Å². The molecule has 2 aromatic rings. The summed E-state index contributed by atoms with van der Waals surface area (Å²) in [4.78, 5) is 31.8. The van der Waals surface area contributed by atoms with Crippen molar-refractivity contribution in [1.82, 2.24) is 15.2 Å². The Kier molecular flexibility index (Phi) is 5.13. The maximum Gasteiger partial charge on any atom is 0.317 e. The van der Waals surface area contributed by atoms with Crippen LogP contribution in [0.5, 0.6) is 0 Å². The van der Waals surface area contributed by atoms with Crippen molar-refractivity contribution in [3.63, 3.8) is 0 Å². The molecule has 0 aliphatic carbocycles. The first-order chi connectivity index (χ1) is 12.1. The summed E-state index contributed by atoms with van der Waals surface area (Å²) in [6.45, 7) is 3.15. The first-order valence-electron chi connectivity index (χ1n) is 8.21. The zero-order chi connectivity index (χ0) is 17.6. The maximum atomic E-state index is 12.3. The lowest BCUT2D eigenvalue weighted by Crippen LogP contribution is -2.51. The SMILES string of the molecule is NC(=O)c1cccc(CNC(=O)N2CCN(c3ccccn3)CC2)c1. The standard InChI is InChI=1S/C18H21N5O2/c19-17(24)15-5-3-4-14(12-15)13-21-18(25)23-10-8-22(9-11-23)16-6-1-2-7-20-16/h1-7,12H,8-11,13H2,(H2,19,24)(H,21,25). The number of amides is 3. The van der Waals surface area contributed by atoms with Crippen LogP contribution in [0.25, 0.3) is 0 Å². The average Bonchev–Trinajstić information content (AvgIpc) is 2.67. The Morgan fingerprint density at radius 3 is 2.56 bits per heavy atom. The van der Waals surface area contributed by atoms with Gasteiger partial charge in [0.1, 0.15) is 5.82 Å². The minimum atomic E-state index is -0.473. The lowest BCUT2D eigenvalue weighted by molar-refractivity contribution is 0.1000. The lowest BCUT2D eigenvalue weighted by atomic mass is 10.1. The van der Waals surface area contributed by atoms with Gasteiger partial charge in [-0.3, -0.25) is 4.79 Å². The zero-order valence-corrected chi connectivity index (χ0v) is 13.9. The second kappa shape index (κ2) is 7.65. The number of piperazine rings is 1. The van der Waals surface area contributed by atoms with E-state index < -0.39 is 5.91 Å². The van der Waals surface area contributed by atoms with E-state index in [-0.39, 0.29) is 6.03 Å². The molecule has 0 bridgehead atoms. The van der Waals surface area contributed by atoms with Gasteiger partial charge in [-0.05, 0) is 29.8 Å². The molecule has 1 aromatic heterocycles. The molecule has 3 amide bonds. The highest BCUT2D eigenvalue weighted by molar-refractivity contribution is 5.92. The van der Waals surface area contributed by atoms with Crippen LogP contribution in [0.15, 0.2) is 48.7 Å². The van der Waals surface area contributed by atoms with E-state index in [9.17, 15) is 9.59 Å². The summed E-state index contributed by atoms with van der Waals surface area (Å²) < 4.78 is 0. The molecule has 1 aliphatic heterocycles. The first kappa shape index (κ1) is 16.8. The van der Waals surface area contributed by atoms with E-state index in [0.29, 0.717) is 25.2 Å². The number of urea groups is 1. The molecular weight excluding hydrogens is 318 g/mol. The highest BCUT2D eigenvalue weighted by Gasteiger charge is 2.21. The van der Waals surface area contributed by atoms with Crippen LogP contribution in [-0.2, 0) is 6.54 Å². The molecule has 0 unspecified atom stereocenters. The molecule has 7 heteroatoms. The van der Waals surface area contributed by atoms with Crippen LogP contribution in [0.1, 0.15) is 15.9 Å². The number of carbonyl (C=O) groups is 2. The topological polar surface area (TPSA) is 91.6 Å². The van der Waals surface area contributed by atoms with E-state index in [1.54, 1.807) is 29.3 Å². The zero-order valence-electron chi connectivity index (χ0n) is 13.9. The van der Waals surface area contributed by atoms with E-state index in [1.807, 2.05) is 24.3 Å². The highest BCUT2D eigenvalue weighted by atomic mass is 16.2. The highest BCUT2D eigenvalue weighted by Crippen LogP contribution is 2.12. The Balaban J connectivity index is 1.50. The van der Waals surface area contributed by atoms with Gasteiger partial charge in [0, 0.05) is 44.5 Å². The van der Waals surface area contributed by atoms with Crippen molar-refractivity contribution < 1.29 is 9.59 Å². The minimum Gasteiger partial charge on any atom is -0.366 e. The number of hydrogen-bond donors (Lipinski definition) is 2. The van der Waals surface area contributed by atoms with E-state index >= 15 is 0 Å². The number of anilines is 1. The molecule has 130 valence electrons. The predicted octanol–water partition coefficient (Wildman–Crippen LogP) is 1.21. The minimum absolute atomic E-state index is 0.106. The third kappa shape index (κ3) is 4.26. The number of rotatable bonds is 4. The first-order valence-corrected chi connectivity index (χ1v) is 8.21. The summed E-state index contributed by atoms with van der Waals surface area (Å²) in [5.41, 5.74) is 6.56. The summed E-state index contributed by atoms with van der Waals surface area (Å²) in [7, 11) is 0. The molecule has 2 heterocycles. The van der Waals surface area contributed by atoms with Gasteiger partial charge < -0.3 is 20.9 Å². The van der Waals surface area contributed by atoms with Crippen LogP contribution in [0.3, 0.4) is 0 Å². The quantitative estimate of drug-likeness (QED) is 0.876.